The summed E-state index contributed by atoms with van der Waals surface area (Å²) in [6.45, 7) is 11.7. The molecule has 0 saturated carbocycles. The standard InChI is InChI=1S/C23H31FN2OS/c1-16(2)23(27)26(17(3)4)13-20-12-25(11-18-9-10-28-15-18)14-22(20)19-5-7-21(24)8-6-19/h5-10,15-17,20,22H,11-14H2,1-4H3. The van der Waals surface area contributed by atoms with Gasteiger partial charge in [-0.1, -0.05) is 26.0 Å². The molecule has 1 fully saturated rings. The van der Waals surface area contributed by atoms with E-state index in [1.807, 2.05) is 30.9 Å². The first kappa shape index (κ1) is 21.0. The summed E-state index contributed by atoms with van der Waals surface area (Å²) >= 11 is 1.72. The van der Waals surface area contributed by atoms with E-state index in [2.05, 4.69) is 35.6 Å². The summed E-state index contributed by atoms with van der Waals surface area (Å²) in [7, 11) is 0. The Kier molecular flexibility index (Phi) is 6.89. The molecule has 2 unspecified atom stereocenters. The molecule has 0 bridgehead atoms. The van der Waals surface area contributed by atoms with Crippen LogP contribution in [0.1, 0.15) is 44.7 Å². The molecular weight excluding hydrogens is 371 g/mol. The van der Waals surface area contributed by atoms with Gasteiger partial charge in [-0.05, 0) is 59.9 Å². The highest BCUT2D eigenvalue weighted by Gasteiger charge is 2.36. The van der Waals surface area contributed by atoms with Crippen LogP contribution in [-0.2, 0) is 11.3 Å². The van der Waals surface area contributed by atoms with Crippen LogP contribution >= 0.6 is 11.3 Å². The van der Waals surface area contributed by atoms with Gasteiger partial charge in [-0.2, -0.15) is 11.3 Å². The summed E-state index contributed by atoms with van der Waals surface area (Å²) in [6, 6.07) is 9.26. The molecule has 1 aromatic heterocycles. The molecule has 1 aliphatic heterocycles. The van der Waals surface area contributed by atoms with Crippen LogP contribution in [0.25, 0.3) is 0 Å². The fourth-order valence-electron chi connectivity index (χ4n) is 4.14. The van der Waals surface area contributed by atoms with Gasteiger partial charge < -0.3 is 4.90 Å². The first-order valence-electron chi connectivity index (χ1n) is 10.1. The number of rotatable bonds is 7. The summed E-state index contributed by atoms with van der Waals surface area (Å²) in [5.74, 6) is 0.654. The van der Waals surface area contributed by atoms with Crippen molar-refractivity contribution in [3.05, 3.63) is 58.0 Å². The third kappa shape index (κ3) is 5.00. The Balaban J connectivity index is 1.81. The van der Waals surface area contributed by atoms with Crippen molar-refractivity contribution in [2.75, 3.05) is 19.6 Å². The van der Waals surface area contributed by atoms with Gasteiger partial charge in [-0.25, -0.2) is 4.39 Å². The maximum absolute atomic E-state index is 13.4. The molecule has 28 heavy (non-hydrogen) atoms. The van der Waals surface area contributed by atoms with Crippen LogP contribution < -0.4 is 0 Å². The Bertz CT molecular complexity index is 757. The second-order valence-electron chi connectivity index (χ2n) is 8.48. The number of carbonyl (C=O) groups is 1. The summed E-state index contributed by atoms with van der Waals surface area (Å²) < 4.78 is 13.4. The molecular formula is C23H31FN2OS. The van der Waals surface area contributed by atoms with E-state index in [9.17, 15) is 9.18 Å². The molecule has 5 heteroatoms. The van der Waals surface area contributed by atoms with Crippen LogP contribution in [0.2, 0.25) is 0 Å². The van der Waals surface area contributed by atoms with Gasteiger partial charge in [0, 0.05) is 44.1 Å². The smallest absolute Gasteiger partial charge is 0.225 e. The van der Waals surface area contributed by atoms with Crippen molar-refractivity contribution >= 4 is 17.2 Å². The summed E-state index contributed by atoms with van der Waals surface area (Å²) in [5.41, 5.74) is 2.50. The Morgan fingerprint density at radius 3 is 2.46 bits per heavy atom. The quantitative estimate of drug-likeness (QED) is 0.651. The van der Waals surface area contributed by atoms with E-state index in [1.54, 1.807) is 23.5 Å². The average Bonchev–Trinajstić information content (AvgIpc) is 3.29. The van der Waals surface area contributed by atoms with E-state index in [0.29, 0.717) is 11.8 Å². The lowest BCUT2D eigenvalue weighted by atomic mass is 9.88. The number of likely N-dealkylation sites (tertiary alicyclic amines) is 1. The average molecular weight is 403 g/mol. The molecule has 1 saturated heterocycles. The second kappa shape index (κ2) is 9.19. The number of carbonyl (C=O) groups excluding carboxylic acids is 1. The van der Waals surface area contributed by atoms with E-state index in [1.165, 1.54) is 11.1 Å². The molecule has 0 aliphatic carbocycles. The van der Waals surface area contributed by atoms with E-state index >= 15 is 0 Å². The number of hydrogen-bond acceptors (Lipinski definition) is 3. The van der Waals surface area contributed by atoms with E-state index in [0.717, 1.165) is 26.2 Å². The van der Waals surface area contributed by atoms with Gasteiger partial charge in [-0.3, -0.25) is 9.69 Å². The molecule has 2 aromatic rings. The van der Waals surface area contributed by atoms with Gasteiger partial charge in [0.15, 0.2) is 0 Å². The second-order valence-corrected chi connectivity index (χ2v) is 9.26. The minimum atomic E-state index is -0.202. The minimum Gasteiger partial charge on any atom is -0.340 e. The maximum atomic E-state index is 13.4. The van der Waals surface area contributed by atoms with Crippen LogP contribution in [-0.4, -0.2) is 41.4 Å². The van der Waals surface area contributed by atoms with Gasteiger partial charge >= 0.3 is 0 Å². The third-order valence-electron chi connectivity index (χ3n) is 5.63. The third-order valence-corrected chi connectivity index (χ3v) is 6.36. The topological polar surface area (TPSA) is 23.6 Å². The Morgan fingerprint density at radius 1 is 1.18 bits per heavy atom. The van der Waals surface area contributed by atoms with Crippen molar-refractivity contribution in [1.29, 1.82) is 0 Å². The van der Waals surface area contributed by atoms with E-state index < -0.39 is 0 Å². The fraction of sp³-hybridized carbons (Fsp3) is 0.522. The molecule has 152 valence electrons. The van der Waals surface area contributed by atoms with Crippen LogP contribution in [0.3, 0.4) is 0 Å². The monoisotopic (exact) mass is 402 g/mol. The van der Waals surface area contributed by atoms with Crippen molar-refractivity contribution in [1.82, 2.24) is 9.80 Å². The largest absolute Gasteiger partial charge is 0.340 e. The van der Waals surface area contributed by atoms with E-state index in [4.69, 9.17) is 0 Å². The number of hydrogen-bond donors (Lipinski definition) is 0. The van der Waals surface area contributed by atoms with Gasteiger partial charge in [0.25, 0.3) is 0 Å². The first-order chi connectivity index (χ1) is 13.3. The van der Waals surface area contributed by atoms with Crippen molar-refractivity contribution in [3.8, 4) is 0 Å². The molecule has 0 N–H and O–H groups in total. The molecule has 0 spiro atoms. The number of nitrogens with zero attached hydrogens (tertiary/aromatic N) is 2. The van der Waals surface area contributed by atoms with Gasteiger partial charge in [0.2, 0.25) is 5.91 Å². The zero-order valence-corrected chi connectivity index (χ0v) is 18.1. The molecule has 1 aliphatic rings. The molecule has 0 radical (unpaired) electrons. The molecule has 1 amide bonds. The molecule has 3 rings (SSSR count). The SMILES string of the molecule is CC(C)C(=O)N(CC1CN(Cc2ccsc2)CC1c1ccc(F)cc1)C(C)C. The lowest BCUT2D eigenvalue weighted by Gasteiger charge is -2.33. The summed E-state index contributed by atoms with van der Waals surface area (Å²) in [6.07, 6.45) is 0. The highest BCUT2D eigenvalue weighted by molar-refractivity contribution is 7.07. The predicted molar refractivity (Wildman–Crippen MR) is 114 cm³/mol. The lowest BCUT2D eigenvalue weighted by molar-refractivity contribution is -0.136. The molecule has 3 nitrogen and oxygen atoms in total. The van der Waals surface area contributed by atoms with Crippen LogP contribution in [0.15, 0.2) is 41.1 Å². The van der Waals surface area contributed by atoms with Crippen molar-refractivity contribution < 1.29 is 9.18 Å². The predicted octanol–water partition coefficient (Wildman–Crippen LogP) is 5.00. The first-order valence-corrected chi connectivity index (χ1v) is 11.1. The number of halogens is 1. The zero-order valence-electron chi connectivity index (χ0n) is 17.3. The van der Waals surface area contributed by atoms with Crippen molar-refractivity contribution in [3.63, 3.8) is 0 Å². The summed E-state index contributed by atoms with van der Waals surface area (Å²) in [5, 5.41) is 4.31. The summed E-state index contributed by atoms with van der Waals surface area (Å²) in [4.78, 5) is 17.3. The van der Waals surface area contributed by atoms with Crippen molar-refractivity contribution in [2.45, 2.75) is 46.2 Å². The van der Waals surface area contributed by atoms with Crippen LogP contribution in [0.5, 0.6) is 0 Å². The minimum absolute atomic E-state index is 0.00464. The lowest BCUT2D eigenvalue weighted by Crippen LogP contribution is -2.43. The Hall–Kier alpha value is -1.72. The highest BCUT2D eigenvalue weighted by Crippen LogP contribution is 2.35. The normalized spacial score (nSPS) is 20.2. The van der Waals surface area contributed by atoms with Crippen LogP contribution in [0, 0.1) is 17.7 Å². The number of thiophene rings is 1. The van der Waals surface area contributed by atoms with Crippen molar-refractivity contribution in [2.24, 2.45) is 11.8 Å². The van der Waals surface area contributed by atoms with Gasteiger partial charge in [-0.15, -0.1) is 0 Å². The maximum Gasteiger partial charge on any atom is 0.225 e. The van der Waals surface area contributed by atoms with Gasteiger partial charge in [0.05, 0.1) is 0 Å². The number of benzene rings is 1. The fourth-order valence-corrected chi connectivity index (χ4v) is 4.80. The highest BCUT2D eigenvalue weighted by atomic mass is 32.1. The molecule has 1 aromatic carbocycles. The van der Waals surface area contributed by atoms with Crippen LogP contribution in [0.4, 0.5) is 4.39 Å². The Labute approximate surface area is 172 Å². The Morgan fingerprint density at radius 2 is 1.89 bits per heavy atom. The molecule has 2 atom stereocenters. The van der Waals surface area contributed by atoms with Gasteiger partial charge in [0.1, 0.15) is 5.82 Å². The molecule has 2 heterocycles. The van der Waals surface area contributed by atoms with E-state index in [-0.39, 0.29) is 23.7 Å². The number of amides is 1. The zero-order chi connectivity index (χ0) is 20.3.